The van der Waals surface area contributed by atoms with E-state index < -0.39 is 0 Å². The molecule has 1 N–H and O–H groups in total. The fourth-order valence-electron chi connectivity index (χ4n) is 1.52. The van der Waals surface area contributed by atoms with Gasteiger partial charge in [-0.15, -0.1) is 0 Å². The lowest BCUT2D eigenvalue weighted by Gasteiger charge is -2.09. The van der Waals surface area contributed by atoms with Crippen LogP contribution in [0.3, 0.4) is 0 Å². The van der Waals surface area contributed by atoms with Crippen LogP contribution in [0.5, 0.6) is 5.75 Å². The zero-order valence-electron chi connectivity index (χ0n) is 10.4. The summed E-state index contributed by atoms with van der Waals surface area (Å²) in [4.78, 5) is 15.5. The maximum atomic E-state index is 11.6. The van der Waals surface area contributed by atoms with Gasteiger partial charge in [0.15, 0.2) is 6.61 Å². The van der Waals surface area contributed by atoms with Crippen molar-refractivity contribution in [2.45, 2.75) is 13.8 Å². The Kier molecular flexibility index (Phi) is 4.34. The Hall–Kier alpha value is -1.66. The topological polar surface area (TPSA) is 64.1 Å². The van der Waals surface area contributed by atoms with E-state index in [0.717, 1.165) is 22.7 Å². The predicted molar refractivity (Wildman–Crippen MR) is 75.0 cm³/mol. The van der Waals surface area contributed by atoms with Gasteiger partial charge in [0.1, 0.15) is 12.1 Å². The molecule has 1 amide bonds. The Labute approximate surface area is 119 Å². The third kappa shape index (κ3) is 3.65. The number of anilines is 1. The molecule has 0 spiro atoms. The lowest BCUT2D eigenvalue weighted by molar-refractivity contribution is -0.118. The molecular weight excluding hydrogens is 286 g/mol. The summed E-state index contributed by atoms with van der Waals surface area (Å²) in [5.74, 6) is 0.341. The molecule has 1 aromatic carbocycles. The minimum atomic E-state index is -0.276. The highest BCUT2D eigenvalue weighted by molar-refractivity contribution is 7.09. The van der Waals surface area contributed by atoms with Gasteiger partial charge in [0, 0.05) is 16.6 Å². The van der Waals surface area contributed by atoms with E-state index in [1.165, 1.54) is 6.33 Å². The minimum absolute atomic E-state index is 0.0832. The van der Waals surface area contributed by atoms with Crippen LogP contribution in [0, 0.1) is 13.8 Å². The van der Waals surface area contributed by atoms with E-state index in [1.807, 2.05) is 13.8 Å². The highest BCUT2D eigenvalue weighted by Gasteiger charge is 2.08. The number of nitrogens with zero attached hydrogens (tertiary/aromatic N) is 2. The molecule has 0 unspecified atom stereocenters. The first-order chi connectivity index (χ1) is 9.06. The number of halogens is 1. The van der Waals surface area contributed by atoms with Gasteiger partial charge in [-0.1, -0.05) is 11.6 Å². The zero-order valence-corrected chi connectivity index (χ0v) is 12.0. The summed E-state index contributed by atoms with van der Waals surface area (Å²) in [6, 6.07) is 3.60. The number of benzene rings is 1. The number of hydrogen-bond donors (Lipinski definition) is 1. The van der Waals surface area contributed by atoms with Gasteiger partial charge in [0.25, 0.3) is 5.91 Å². The van der Waals surface area contributed by atoms with Gasteiger partial charge < -0.3 is 4.74 Å². The summed E-state index contributed by atoms with van der Waals surface area (Å²) < 4.78 is 9.21. The number of nitrogens with one attached hydrogen (secondary N) is 1. The molecule has 7 heteroatoms. The van der Waals surface area contributed by atoms with Gasteiger partial charge in [-0.2, -0.15) is 4.37 Å². The van der Waals surface area contributed by atoms with Crippen molar-refractivity contribution in [3.05, 3.63) is 34.6 Å². The van der Waals surface area contributed by atoms with Crippen molar-refractivity contribution in [2.24, 2.45) is 0 Å². The van der Waals surface area contributed by atoms with Gasteiger partial charge in [0.05, 0.1) is 0 Å². The van der Waals surface area contributed by atoms with Crippen LogP contribution in [0.4, 0.5) is 5.13 Å². The summed E-state index contributed by atoms with van der Waals surface area (Å²) in [5, 5.41) is 3.76. The average molecular weight is 298 g/mol. The first-order valence-corrected chi connectivity index (χ1v) is 6.67. The van der Waals surface area contributed by atoms with E-state index in [1.54, 1.807) is 12.1 Å². The van der Waals surface area contributed by atoms with Gasteiger partial charge in [-0.05, 0) is 37.1 Å². The molecule has 0 aliphatic carbocycles. The second-order valence-corrected chi connectivity index (χ2v) is 5.11. The van der Waals surface area contributed by atoms with E-state index in [0.29, 0.717) is 15.9 Å². The molecule has 0 aliphatic rings. The zero-order chi connectivity index (χ0) is 13.8. The molecule has 2 aromatic rings. The molecular formula is C12H12ClN3O2S. The van der Waals surface area contributed by atoms with Crippen LogP contribution >= 0.6 is 23.1 Å². The first kappa shape index (κ1) is 13.8. The van der Waals surface area contributed by atoms with Crippen LogP contribution in [0.25, 0.3) is 0 Å². The summed E-state index contributed by atoms with van der Waals surface area (Å²) in [6.07, 6.45) is 1.38. The summed E-state index contributed by atoms with van der Waals surface area (Å²) in [7, 11) is 0. The van der Waals surface area contributed by atoms with Crippen LogP contribution < -0.4 is 10.1 Å². The van der Waals surface area contributed by atoms with Crippen LogP contribution in [0.2, 0.25) is 5.02 Å². The summed E-state index contributed by atoms with van der Waals surface area (Å²) in [5.41, 5.74) is 1.84. The highest BCUT2D eigenvalue weighted by atomic mass is 35.5. The number of amides is 1. The van der Waals surface area contributed by atoms with E-state index in [2.05, 4.69) is 14.7 Å². The normalized spacial score (nSPS) is 10.3. The number of aryl methyl sites for hydroxylation is 2. The Morgan fingerprint density at radius 1 is 1.42 bits per heavy atom. The van der Waals surface area contributed by atoms with Gasteiger partial charge >= 0.3 is 0 Å². The number of ether oxygens (including phenoxy) is 1. The van der Waals surface area contributed by atoms with Gasteiger partial charge in [-0.3, -0.25) is 10.1 Å². The third-order valence-corrected chi connectivity index (χ3v) is 3.56. The van der Waals surface area contributed by atoms with Crippen molar-refractivity contribution in [1.29, 1.82) is 0 Å². The van der Waals surface area contributed by atoms with Crippen molar-refractivity contribution >= 4 is 34.2 Å². The Morgan fingerprint density at radius 2 is 2.11 bits per heavy atom. The molecule has 0 saturated carbocycles. The average Bonchev–Trinajstić information content (AvgIpc) is 2.86. The maximum absolute atomic E-state index is 11.6. The van der Waals surface area contributed by atoms with Crippen molar-refractivity contribution in [2.75, 3.05) is 11.9 Å². The summed E-state index contributed by atoms with van der Waals surface area (Å²) >= 11 is 7.17. The number of rotatable bonds is 4. The molecule has 100 valence electrons. The van der Waals surface area contributed by atoms with Crippen LogP contribution in [0.15, 0.2) is 18.5 Å². The molecule has 0 fully saturated rings. The molecule has 0 radical (unpaired) electrons. The third-order valence-electron chi connectivity index (χ3n) is 2.39. The SMILES string of the molecule is Cc1cc(OCC(=O)Nc2ncns2)cc(C)c1Cl. The molecule has 5 nitrogen and oxygen atoms in total. The van der Waals surface area contributed by atoms with E-state index in [9.17, 15) is 4.79 Å². The van der Waals surface area contributed by atoms with Crippen LogP contribution in [-0.4, -0.2) is 21.9 Å². The quantitative estimate of drug-likeness (QED) is 0.942. The predicted octanol–water partition coefficient (Wildman–Crippen LogP) is 2.83. The van der Waals surface area contributed by atoms with Crippen LogP contribution in [0.1, 0.15) is 11.1 Å². The number of hydrogen-bond acceptors (Lipinski definition) is 5. The smallest absolute Gasteiger partial charge is 0.264 e. The van der Waals surface area contributed by atoms with Crippen molar-refractivity contribution in [3.63, 3.8) is 0 Å². The van der Waals surface area contributed by atoms with Gasteiger partial charge in [-0.25, -0.2) is 4.98 Å². The molecule has 0 bridgehead atoms. The fraction of sp³-hybridized carbons (Fsp3) is 0.250. The first-order valence-electron chi connectivity index (χ1n) is 5.52. The standard InChI is InChI=1S/C12H12ClN3O2S/c1-7-3-9(4-8(2)11(7)13)18-5-10(17)16-12-14-6-15-19-12/h3-4,6H,5H2,1-2H3,(H,14,15,16,17). The van der Waals surface area contributed by atoms with Crippen molar-refractivity contribution in [3.8, 4) is 5.75 Å². The Balaban J connectivity index is 1.93. The minimum Gasteiger partial charge on any atom is -0.484 e. The lowest BCUT2D eigenvalue weighted by Crippen LogP contribution is -2.20. The second-order valence-electron chi connectivity index (χ2n) is 3.95. The van der Waals surface area contributed by atoms with Crippen molar-refractivity contribution in [1.82, 2.24) is 9.36 Å². The molecule has 0 atom stereocenters. The van der Waals surface area contributed by atoms with Crippen molar-refractivity contribution < 1.29 is 9.53 Å². The molecule has 1 heterocycles. The largest absolute Gasteiger partial charge is 0.484 e. The van der Waals surface area contributed by atoms with Gasteiger partial charge in [0.2, 0.25) is 5.13 Å². The lowest BCUT2D eigenvalue weighted by atomic mass is 10.1. The number of carbonyl (C=O) groups is 1. The molecule has 0 saturated heterocycles. The fourth-order valence-corrected chi connectivity index (χ4v) is 2.08. The van der Waals surface area contributed by atoms with E-state index in [-0.39, 0.29) is 12.5 Å². The highest BCUT2D eigenvalue weighted by Crippen LogP contribution is 2.25. The van der Waals surface area contributed by atoms with E-state index >= 15 is 0 Å². The molecule has 0 aliphatic heterocycles. The Bertz CT molecular complexity index is 564. The molecule has 1 aromatic heterocycles. The monoisotopic (exact) mass is 297 g/mol. The molecule has 19 heavy (non-hydrogen) atoms. The maximum Gasteiger partial charge on any atom is 0.264 e. The van der Waals surface area contributed by atoms with E-state index in [4.69, 9.17) is 16.3 Å². The van der Waals surface area contributed by atoms with Crippen LogP contribution in [-0.2, 0) is 4.79 Å². The summed E-state index contributed by atoms with van der Waals surface area (Å²) in [6.45, 7) is 3.70. The Morgan fingerprint density at radius 3 is 2.68 bits per heavy atom. The molecule has 2 rings (SSSR count). The number of carbonyl (C=O) groups excluding carboxylic acids is 1. The number of aromatic nitrogens is 2. The second kappa shape index (κ2) is 5.99.